The number of hydrogen-bond acceptors (Lipinski definition) is 6. The molecule has 0 atom stereocenters. The Bertz CT molecular complexity index is 931. The second kappa shape index (κ2) is 10.8. The molecule has 0 bridgehead atoms. The molecule has 0 spiro atoms. The van der Waals surface area contributed by atoms with Crippen LogP contribution in [0.3, 0.4) is 0 Å². The lowest BCUT2D eigenvalue weighted by molar-refractivity contribution is -0.136. The first kappa shape index (κ1) is 22.7. The van der Waals surface area contributed by atoms with E-state index in [1.807, 2.05) is 0 Å². The molecule has 7 nitrogen and oxygen atoms in total. The third-order valence-electron chi connectivity index (χ3n) is 4.16. The Morgan fingerprint density at radius 3 is 2.23 bits per heavy atom. The molecule has 0 heterocycles. The third kappa shape index (κ3) is 6.48. The summed E-state index contributed by atoms with van der Waals surface area (Å²) in [6.07, 6.45) is 2.79. The van der Waals surface area contributed by atoms with Crippen molar-refractivity contribution in [2.24, 2.45) is 5.92 Å². The number of hydrogen-bond donors (Lipinski definition) is 1. The molecule has 7 heteroatoms. The van der Waals surface area contributed by atoms with Crippen molar-refractivity contribution >= 4 is 29.4 Å². The van der Waals surface area contributed by atoms with Gasteiger partial charge in [-0.3, -0.25) is 9.59 Å². The minimum absolute atomic E-state index is 0.107. The van der Waals surface area contributed by atoms with Crippen LogP contribution in [0.1, 0.15) is 29.8 Å². The molecule has 158 valence electrons. The quantitative estimate of drug-likeness (QED) is 0.384. The molecule has 2 aromatic carbocycles. The minimum Gasteiger partial charge on any atom is -0.493 e. The number of carbonyl (C=O) groups is 3. The Labute approximate surface area is 175 Å². The minimum atomic E-state index is -0.640. The van der Waals surface area contributed by atoms with Crippen LogP contribution in [0.15, 0.2) is 48.5 Å². The summed E-state index contributed by atoms with van der Waals surface area (Å²) in [4.78, 5) is 35.8. The van der Waals surface area contributed by atoms with Crippen LogP contribution in [0.5, 0.6) is 11.5 Å². The standard InChI is InChI=1S/C23H25NO6/c1-15(2)23(27)24-18-9-7-17(8-10-18)19(25)14-30-22(26)12-6-16-5-11-20(28-3)21(13-16)29-4/h5-13,15H,14H2,1-4H3,(H,24,27). The number of ether oxygens (including phenoxy) is 3. The molecular weight excluding hydrogens is 386 g/mol. The summed E-state index contributed by atoms with van der Waals surface area (Å²) in [5.74, 6) is -0.112. The number of esters is 1. The number of benzene rings is 2. The molecule has 2 rings (SSSR count). The Balaban J connectivity index is 1.89. The average Bonchev–Trinajstić information content (AvgIpc) is 2.76. The second-order valence-corrected chi connectivity index (χ2v) is 6.70. The number of amides is 1. The van der Waals surface area contributed by atoms with Crippen LogP contribution in [-0.4, -0.2) is 38.5 Å². The molecule has 0 unspecified atom stereocenters. The number of carbonyl (C=O) groups excluding carboxylic acids is 3. The number of Topliss-reactive ketones (excluding diaryl/α,β-unsaturated/α-hetero) is 1. The summed E-state index contributed by atoms with van der Waals surface area (Å²) in [6.45, 7) is 3.20. The van der Waals surface area contributed by atoms with Crippen LogP contribution >= 0.6 is 0 Å². The molecule has 0 saturated heterocycles. The van der Waals surface area contributed by atoms with Gasteiger partial charge >= 0.3 is 5.97 Å². The van der Waals surface area contributed by atoms with E-state index in [4.69, 9.17) is 14.2 Å². The van der Waals surface area contributed by atoms with Crippen molar-refractivity contribution in [3.63, 3.8) is 0 Å². The summed E-state index contributed by atoms with van der Waals surface area (Å²) in [5, 5.41) is 2.74. The van der Waals surface area contributed by atoms with Crippen molar-refractivity contribution in [2.45, 2.75) is 13.8 Å². The highest BCUT2D eigenvalue weighted by Crippen LogP contribution is 2.27. The second-order valence-electron chi connectivity index (χ2n) is 6.70. The van der Waals surface area contributed by atoms with Crippen LogP contribution < -0.4 is 14.8 Å². The molecule has 0 saturated carbocycles. The molecule has 0 aliphatic heterocycles. The largest absolute Gasteiger partial charge is 0.493 e. The number of nitrogens with one attached hydrogen (secondary N) is 1. The number of ketones is 1. The summed E-state index contributed by atoms with van der Waals surface area (Å²) >= 11 is 0. The highest BCUT2D eigenvalue weighted by atomic mass is 16.5. The van der Waals surface area contributed by atoms with E-state index >= 15 is 0 Å². The van der Waals surface area contributed by atoms with E-state index in [9.17, 15) is 14.4 Å². The highest BCUT2D eigenvalue weighted by molar-refractivity contribution is 5.99. The Morgan fingerprint density at radius 2 is 1.63 bits per heavy atom. The van der Waals surface area contributed by atoms with Gasteiger partial charge < -0.3 is 19.5 Å². The zero-order valence-corrected chi connectivity index (χ0v) is 17.4. The first-order chi connectivity index (χ1) is 14.3. The summed E-state index contributed by atoms with van der Waals surface area (Å²) in [5.41, 5.74) is 1.70. The SMILES string of the molecule is COc1ccc(C=CC(=O)OCC(=O)c2ccc(NC(=O)C(C)C)cc2)cc1OC. The first-order valence-corrected chi connectivity index (χ1v) is 9.35. The van der Waals surface area contributed by atoms with Gasteiger partial charge in [-0.2, -0.15) is 0 Å². The fourth-order valence-electron chi connectivity index (χ4n) is 2.41. The van der Waals surface area contributed by atoms with E-state index in [-0.39, 0.29) is 24.2 Å². The van der Waals surface area contributed by atoms with Crippen molar-refractivity contribution in [1.29, 1.82) is 0 Å². The average molecular weight is 411 g/mol. The number of methoxy groups -OCH3 is 2. The molecular formula is C23H25NO6. The fourth-order valence-corrected chi connectivity index (χ4v) is 2.41. The molecule has 1 amide bonds. The van der Waals surface area contributed by atoms with Crippen molar-refractivity contribution in [3.05, 3.63) is 59.7 Å². The zero-order valence-electron chi connectivity index (χ0n) is 17.4. The van der Waals surface area contributed by atoms with Gasteiger partial charge in [0.05, 0.1) is 14.2 Å². The normalized spacial score (nSPS) is 10.7. The Morgan fingerprint density at radius 1 is 0.967 bits per heavy atom. The van der Waals surface area contributed by atoms with Gasteiger partial charge in [-0.1, -0.05) is 19.9 Å². The lowest BCUT2D eigenvalue weighted by Gasteiger charge is -2.08. The molecule has 0 aromatic heterocycles. The highest BCUT2D eigenvalue weighted by Gasteiger charge is 2.11. The molecule has 0 aliphatic rings. The topological polar surface area (TPSA) is 90.9 Å². The molecule has 2 aromatic rings. The van der Waals surface area contributed by atoms with Gasteiger partial charge in [0, 0.05) is 23.2 Å². The predicted octanol–water partition coefficient (Wildman–Crippen LogP) is 3.74. The summed E-state index contributed by atoms with van der Waals surface area (Å²) < 4.78 is 15.4. The van der Waals surface area contributed by atoms with Crippen LogP contribution in [0.2, 0.25) is 0 Å². The molecule has 1 N–H and O–H groups in total. The van der Waals surface area contributed by atoms with Gasteiger partial charge in [0.1, 0.15) is 0 Å². The molecule has 0 radical (unpaired) electrons. The van der Waals surface area contributed by atoms with Crippen LogP contribution in [-0.2, 0) is 14.3 Å². The Kier molecular flexibility index (Phi) is 8.17. The smallest absolute Gasteiger partial charge is 0.331 e. The van der Waals surface area contributed by atoms with Crippen molar-refractivity contribution < 1.29 is 28.6 Å². The van der Waals surface area contributed by atoms with E-state index in [0.717, 1.165) is 5.56 Å². The van der Waals surface area contributed by atoms with Gasteiger partial charge in [0.15, 0.2) is 23.9 Å². The van der Waals surface area contributed by atoms with Crippen LogP contribution in [0, 0.1) is 5.92 Å². The van der Waals surface area contributed by atoms with Crippen molar-refractivity contribution in [3.8, 4) is 11.5 Å². The van der Waals surface area contributed by atoms with Crippen LogP contribution in [0.4, 0.5) is 5.69 Å². The van der Waals surface area contributed by atoms with E-state index in [2.05, 4.69) is 5.32 Å². The van der Waals surface area contributed by atoms with E-state index in [0.29, 0.717) is 22.7 Å². The third-order valence-corrected chi connectivity index (χ3v) is 4.16. The van der Waals surface area contributed by atoms with Gasteiger partial charge in [0.25, 0.3) is 0 Å². The molecule has 0 fully saturated rings. The number of rotatable bonds is 9. The van der Waals surface area contributed by atoms with Gasteiger partial charge in [-0.25, -0.2) is 4.79 Å². The Hall–Kier alpha value is -3.61. The van der Waals surface area contributed by atoms with Gasteiger partial charge in [-0.05, 0) is 48.0 Å². The van der Waals surface area contributed by atoms with E-state index < -0.39 is 5.97 Å². The fraction of sp³-hybridized carbons (Fsp3) is 0.261. The summed E-state index contributed by atoms with van der Waals surface area (Å²) in [7, 11) is 3.06. The zero-order chi connectivity index (χ0) is 22.1. The maximum Gasteiger partial charge on any atom is 0.331 e. The van der Waals surface area contributed by atoms with Gasteiger partial charge in [0.2, 0.25) is 5.91 Å². The van der Waals surface area contributed by atoms with Crippen molar-refractivity contribution in [1.82, 2.24) is 0 Å². The first-order valence-electron chi connectivity index (χ1n) is 9.35. The lowest BCUT2D eigenvalue weighted by atomic mass is 10.1. The monoisotopic (exact) mass is 411 g/mol. The van der Waals surface area contributed by atoms with Crippen LogP contribution in [0.25, 0.3) is 6.08 Å². The predicted molar refractivity (Wildman–Crippen MR) is 114 cm³/mol. The van der Waals surface area contributed by atoms with Crippen molar-refractivity contribution in [2.75, 3.05) is 26.1 Å². The number of anilines is 1. The maximum absolute atomic E-state index is 12.2. The van der Waals surface area contributed by atoms with Gasteiger partial charge in [-0.15, -0.1) is 0 Å². The maximum atomic E-state index is 12.2. The van der Waals surface area contributed by atoms with E-state index in [1.165, 1.54) is 20.3 Å². The molecule has 0 aliphatic carbocycles. The summed E-state index contributed by atoms with van der Waals surface area (Å²) in [6, 6.07) is 11.6. The van der Waals surface area contributed by atoms with E-state index in [1.54, 1.807) is 62.4 Å². The molecule has 30 heavy (non-hydrogen) atoms. The lowest BCUT2D eigenvalue weighted by Crippen LogP contribution is -2.18.